The van der Waals surface area contributed by atoms with Crippen LogP contribution in [0.3, 0.4) is 0 Å². The number of aromatic nitrogens is 3. The third-order valence-corrected chi connectivity index (χ3v) is 18.1. The fourth-order valence-corrected chi connectivity index (χ4v) is 16.4. The predicted octanol–water partition coefficient (Wildman–Crippen LogP) is 12.0. The van der Waals surface area contributed by atoms with Gasteiger partial charge in [-0.2, -0.15) is 0 Å². The van der Waals surface area contributed by atoms with E-state index in [9.17, 15) is 0 Å². The Hall–Kier alpha value is -4.44. The molecule has 5 aromatic heterocycles. The Labute approximate surface area is 300 Å². The molecular formula is C48H39N3O. The van der Waals surface area contributed by atoms with E-state index in [2.05, 4.69) is 71.4 Å². The van der Waals surface area contributed by atoms with Crippen LogP contribution >= 0.6 is 0 Å². The summed E-state index contributed by atoms with van der Waals surface area (Å²) in [6.45, 7) is 0. The van der Waals surface area contributed by atoms with Gasteiger partial charge in [-0.1, -0.05) is 36.4 Å². The molecule has 5 heterocycles. The summed E-state index contributed by atoms with van der Waals surface area (Å²) in [5, 5.41) is 8.29. The summed E-state index contributed by atoms with van der Waals surface area (Å²) in [5.74, 6) is 6.31. The second-order valence-corrected chi connectivity index (χ2v) is 19.4. The van der Waals surface area contributed by atoms with Gasteiger partial charge in [0.05, 0.1) is 28.9 Å². The molecule has 2 spiro atoms. The maximum atomic E-state index is 6.74. The molecule has 0 radical (unpaired) electrons. The van der Waals surface area contributed by atoms with Crippen LogP contribution in [-0.4, -0.2) is 14.4 Å². The lowest BCUT2D eigenvalue weighted by Crippen LogP contribution is -2.41. The van der Waals surface area contributed by atoms with Crippen molar-refractivity contribution in [1.29, 1.82) is 0 Å². The van der Waals surface area contributed by atoms with Crippen molar-refractivity contribution in [2.45, 2.75) is 87.9 Å². The molecule has 0 amide bonds. The van der Waals surface area contributed by atoms with Gasteiger partial charge in [-0.25, -0.2) is 0 Å². The molecule has 0 aliphatic heterocycles. The molecule has 0 N–H and O–H groups in total. The first-order valence-electron chi connectivity index (χ1n) is 20.6. The number of hydrogen-bond donors (Lipinski definition) is 0. The molecule has 6 fully saturated rings. The Morgan fingerprint density at radius 1 is 0.577 bits per heavy atom. The quantitative estimate of drug-likeness (QED) is 0.174. The van der Waals surface area contributed by atoms with Crippen molar-refractivity contribution in [3.8, 4) is 11.1 Å². The molecule has 6 bridgehead atoms. The lowest BCUT2D eigenvalue weighted by atomic mass is 9.56. The molecule has 10 atom stereocenters. The largest absolute Gasteiger partial charge is 0.455 e. The van der Waals surface area contributed by atoms with Gasteiger partial charge in [-0.05, 0) is 145 Å². The topological polar surface area (TPSA) is 43.3 Å². The third kappa shape index (κ3) is 2.60. The number of benzene rings is 3. The van der Waals surface area contributed by atoms with E-state index in [0.29, 0.717) is 34.5 Å². The molecule has 252 valence electrons. The molecule has 52 heavy (non-hydrogen) atoms. The van der Waals surface area contributed by atoms with E-state index in [1.807, 2.05) is 0 Å². The van der Waals surface area contributed by atoms with Gasteiger partial charge in [0.2, 0.25) is 0 Å². The number of hydrogen-bond acceptors (Lipinski definition) is 3. The zero-order valence-electron chi connectivity index (χ0n) is 29.3. The summed E-state index contributed by atoms with van der Waals surface area (Å²) in [6, 6.07) is 20.5. The zero-order chi connectivity index (χ0) is 33.0. The Morgan fingerprint density at radius 2 is 1.13 bits per heavy atom. The molecule has 8 aliphatic carbocycles. The first kappa shape index (κ1) is 26.3. The molecule has 4 heteroatoms. The van der Waals surface area contributed by atoms with Crippen LogP contribution in [0.1, 0.15) is 110 Å². The Bertz CT molecular complexity index is 2880. The van der Waals surface area contributed by atoms with Crippen molar-refractivity contribution in [1.82, 2.24) is 14.4 Å². The van der Waals surface area contributed by atoms with E-state index >= 15 is 0 Å². The number of pyridine rings is 2. The molecule has 4 nitrogen and oxygen atoms in total. The maximum Gasteiger partial charge on any atom is 0.143 e. The summed E-state index contributed by atoms with van der Waals surface area (Å²) in [5.41, 5.74) is 15.9. The average molecular weight is 674 g/mol. The summed E-state index contributed by atoms with van der Waals surface area (Å²) in [6.07, 6.45) is 18.6. The molecule has 3 aromatic carbocycles. The van der Waals surface area contributed by atoms with E-state index in [-0.39, 0.29) is 0 Å². The van der Waals surface area contributed by atoms with Crippen LogP contribution < -0.4 is 0 Å². The predicted molar refractivity (Wildman–Crippen MR) is 205 cm³/mol. The second-order valence-electron chi connectivity index (χ2n) is 19.4. The van der Waals surface area contributed by atoms with Crippen molar-refractivity contribution < 1.29 is 4.42 Å². The lowest BCUT2D eigenvalue weighted by molar-refractivity contribution is 0.00321. The minimum absolute atomic E-state index is 0.609. The monoisotopic (exact) mass is 673 g/mol. The molecule has 10 unspecified atom stereocenters. The molecular weight excluding hydrogens is 635 g/mol. The highest BCUT2D eigenvalue weighted by molar-refractivity contribution is 6.26. The van der Waals surface area contributed by atoms with Crippen LogP contribution in [0.5, 0.6) is 0 Å². The van der Waals surface area contributed by atoms with Crippen LogP contribution in [0.4, 0.5) is 0 Å². The van der Waals surface area contributed by atoms with Crippen molar-refractivity contribution in [2.24, 2.45) is 34.5 Å². The summed E-state index contributed by atoms with van der Waals surface area (Å²) < 4.78 is 9.38. The number of furan rings is 1. The Kier molecular flexibility index (Phi) is 4.08. The van der Waals surface area contributed by atoms with Crippen molar-refractivity contribution in [3.63, 3.8) is 0 Å². The second kappa shape index (κ2) is 8.05. The van der Waals surface area contributed by atoms with Crippen LogP contribution in [0.25, 0.3) is 71.2 Å². The normalized spacial score (nSPS) is 37.0. The minimum atomic E-state index is 0.609. The summed E-state index contributed by atoms with van der Waals surface area (Å²) >= 11 is 0. The zero-order valence-corrected chi connectivity index (χ0v) is 29.3. The van der Waals surface area contributed by atoms with Gasteiger partial charge < -0.3 is 8.82 Å². The van der Waals surface area contributed by atoms with Gasteiger partial charge in [-0.3, -0.25) is 9.97 Å². The molecule has 0 saturated heterocycles. The van der Waals surface area contributed by atoms with Crippen LogP contribution in [0, 0.1) is 34.5 Å². The van der Waals surface area contributed by atoms with E-state index in [1.165, 1.54) is 136 Å². The van der Waals surface area contributed by atoms with Crippen molar-refractivity contribution in [2.75, 3.05) is 0 Å². The first-order chi connectivity index (χ1) is 25.6. The van der Waals surface area contributed by atoms with Crippen molar-refractivity contribution in [3.05, 3.63) is 89.5 Å². The Balaban J connectivity index is 1.07. The van der Waals surface area contributed by atoms with E-state index < -0.39 is 0 Å². The first-order valence-corrected chi connectivity index (χ1v) is 20.6. The van der Waals surface area contributed by atoms with Gasteiger partial charge in [0.25, 0.3) is 0 Å². The minimum Gasteiger partial charge on any atom is -0.455 e. The lowest BCUT2D eigenvalue weighted by Gasteiger charge is -2.48. The highest BCUT2D eigenvalue weighted by atomic mass is 16.3. The number of fused-ring (bicyclic) bond motifs is 21. The fourth-order valence-electron chi connectivity index (χ4n) is 16.4. The van der Waals surface area contributed by atoms with Gasteiger partial charge in [0.15, 0.2) is 0 Å². The number of nitrogens with zero attached hydrogens (tertiary/aromatic N) is 3. The van der Waals surface area contributed by atoms with Gasteiger partial charge in [0, 0.05) is 61.1 Å². The molecule has 6 saturated carbocycles. The molecule has 16 rings (SSSR count). The summed E-state index contributed by atoms with van der Waals surface area (Å²) in [7, 11) is 0. The van der Waals surface area contributed by atoms with E-state index in [4.69, 9.17) is 14.4 Å². The number of para-hydroxylation sites is 2. The van der Waals surface area contributed by atoms with Crippen LogP contribution in [0.2, 0.25) is 0 Å². The highest BCUT2D eigenvalue weighted by Gasteiger charge is 2.67. The average Bonchev–Trinajstić information content (AvgIpc) is 4.00. The standard InChI is InChI=1S/C48H39N3O/c1-2-7-38-32(4-1)33-6-3-5-31(46(33)52-38)22-12-34-41-36(20-49-43-25-10-29-14-27-8-23(39(41)43)16-47(27,29)18-25)51-37-21-50-44-26-11-30-15-28-9-24(17-48(28,30)19-26)40(44)42(37)35(13-22)45(34)51/h1-7,12-13,20-21,23-30H,8-11,14-19H2. The number of rotatable bonds is 1. The van der Waals surface area contributed by atoms with Gasteiger partial charge in [0.1, 0.15) is 11.2 Å². The van der Waals surface area contributed by atoms with Gasteiger partial charge in [-0.15, -0.1) is 0 Å². The smallest absolute Gasteiger partial charge is 0.143 e. The fraction of sp³-hybridized carbons (Fsp3) is 0.417. The highest BCUT2D eigenvalue weighted by Crippen LogP contribution is 2.77. The molecule has 8 aromatic rings. The Morgan fingerprint density at radius 3 is 1.77 bits per heavy atom. The van der Waals surface area contributed by atoms with Crippen LogP contribution in [0.15, 0.2) is 71.4 Å². The van der Waals surface area contributed by atoms with E-state index in [1.54, 1.807) is 11.1 Å². The van der Waals surface area contributed by atoms with Crippen molar-refractivity contribution >= 4 is 60.0 Å². The van der Waals surface area contributed by atoms with E-state index in [0.717, 1.165) is 34.8 Å². The van der Waals surface area contributed by atoms with Crippen LogP contribution in [-0.2, 0) is 0 Å². The maximum absolute atomic E-state index is 6.74. The third-order valence-electron chi connectivity index (χ3n) is 18.1. The SMILES string of the molecule is c1ccc2c(c1)oc1c(-c3cc4c5c6c(ncc5n5c7cnc8c(c7c(c3)c45)C3CC4CC5CC8CC54C3)C3CC4CC5CC6CC45C3)cccc12. The molecule has 8 aliphatic rings. The van der Waals surface area contributed by atoms with Gasteiger partial charge >= 0.3 is 0 Å². The summed E-state index contributed by atoms with van der Waals surface area (Å²) in [4.78, 5) is 11.1.